The molecule has 2 heterocycles. The second-order valence-corrected chi connectivity index (χ2v) is 8.87. The number of carbonyl (C=O) groups is 1. The first-order valence-electron chi connectivity index (χ1n) is 8.10. The third-order valence-electron chi connectivity index (χ3n) is 4.01. The van der Waals surface area contributed by atoms with E-state index in [0.29, 0.717) is 34.5 Å². The second-order valence-electron chi connectivity index (χ2n) is 6.05. The first-order chi connectivity index (χ1) is 13.0. The Labute approximate surface area is 159 Å². The van der Waals surface area contributed by atoms with Crippen molar-refractivity contribution in [1.29, 1.82) is 0 Å². The molecule has 0 spiro atoms. The SMILES string of the molecule is COC(=O)c1ccc(NS(=O)(=O)c2cc(-c3nnc(C4CC4)o3)cs2)cc1. The fourth-order valence-electron chi connectivity index (χ4n) is 2.41. The van der Waals surface area contributed by atoms with Gasteiger partial charge in [0, 0.05) is 17.0 Å². The molecule has 1 saturated carbocycles. The Balaban J connectivity index is 1.51. The van der Waals surface area contributed by atoms with E-state index in [2.05, 4.69) is 19.7 Å². The first-order valence-corrected chi connectivity index (χ1v) is 10.5. The van der Waals surface area contributed by atoms with Crippen LogP contribution in [0.5, 0.6) is 0 Å². The standard InChI is InChI=1S/C17H15N3O5S2/c1-24-17(21)11-4-6-13(7-5-11)20-27(22,23)14-8-12(9-26-14)16-19-18-15(25-16)10-2-3-10/h4-10,20H,2-3H2,1H3. The number of thiophene rings is 1. The van der Waals surface area contributed by atoms with Gasteiger partial charge < -0.3 is 9.15 Å². The van der Waals surface area contributed by atoms with Gasteiger partial charge in [-0.25, -0.2) is 13.2 Å². The van der Waals surface area contributed by atoms with E-state index in [1.807, 2.05) is 0 Å². The Hall–Kier alpha value is -2.72. The lowest BCUT2D eigenvalue weighted by Crippen LogP contribution is -2.11. The maximum atomic E-state index is 12.6. The van der Waals surface area contributed by atoms with Crippen LogP contribution in [-0.4, -0.2) is 31.7 Å². The van der Waals surface area contributed by atoms with Crippen LogP contribution in [0.15, 0.2) is 44.3 Å². The number of aromatic nitrogens is 2. The number of hydrogen-bond donors (Lipinski definition) is 1. The van der Waals surface area contributed by atoms with Gasteiger partial charge in [0.05, 0.1) is 18.2 Å². The predicted molar refractivity (Wildman–Crippen MR) is 98.2 cm³/mol. The molecule has 1 N–H and O–H groups in total. The number of nitrogens with one attached hydrogen (secondary N) is 1. The van der Waals surface area contributed by atoms with E-state index in [1.54, 1.807) is 5.38 Å². The van der Waals surface area contributed by atoms with Gasteiger partial charge in [-0.1, -0.05) is 0 Å². The number of sulfonamides is 1. The summed E-state index contributed by atoms with van der Waals surface area (Å²) in [5.41, 5.74) is 1.24. The molecule has 0 unspecified atom stereocenters. The number of hydrogen-bond acceptors (Lipinski definition) is 8. The van der Waals surface area contributed by atoms with Crippen molar-refractivity contribution in [1.82, 2.24) is 10.2 Å². The number of ether oxygens (including phenoxy) is 1. The van der Waals surface area contributed by atoms with E-state index in [4.69, 9.17) is 4.42 Å². The quantitative estimate of drug-likeness (QED) is 0.627. The lowest BCUT2D eigenvalue weighted by atomic mass is 10.2. The van der Waals surface area contributed by atoms with E-state index >= 15 is 0 Å². The molecule has 0 radical (unpaired) electrons. The lowest BCUT2D eigenvalue weighted by molar-refractivity contribution is 0.0601. The zero-order chi connectivity index (χ0) is 19.0. The molecular formula is C17H15N3O5S2. The first kappa shape index (κ1) is 17.7. The summed E-state index contributed by atoms with van der Waals surface area (Å²) in [5.74, 6) is 0.765. The van der Waals surface area contributed by atoms with E-state index in [9.17, 15) is 13.2 Å². The van der Waals surface area contributed by atoms with Crippen LogP contribution >= 0.6 is 11.3 Å². The molecule has 27 heavy (non-hydrogen) atoms. The Kier molecular flexibility index (Phi) is 4.44. The van der Waals surface area contributed by atoms with Crippen LogP contribution in [0.3, 0.4) is 0 Å². The fraction of sp³-hybridized carbons (Fsp3) is 0.235. The summed E-state index contributed by atoms with van der Waals surface area (Å²) in [4.78, 5) is 11.4. The van der Waals surface area contributed by atoms with Crippen molar-refractivity contribution in [3.8, 4) is 11.5 Å². The van der Waals surface area contributed by atoms with Crippen molar-refractivity contribution in [3.63, 3.8) is 0 Å². The summed E-state index contributed by atoms with van der Waals surface area (Å²) in [6.45, 7) is 0. The van der Waals surface area contributed by atoms with E-state index < -0.39 is 16.0 Å². The van der Waals surface area contributed by atoms with Gasteiger partial charge in [-0.2, -0.15) is 0 Å². The highest BCUT2D eigenvalue weighted by molar-refractivity contribution is 7.94. The van der Waals surface area contributed by atoms with Gasteiger partial charge in [-0.05, 0) is 43.2 Å². The van der Waals surface area contributed by atoms with Crippen LogP contribution in [0, 0.1) is 0 Å². The van der Waals surface area contributed by atoms with Crippen molar-refractivity contribution >= 4 is 33.0 Å². The third-order valence-corrected chi connectivity index (χ3v) is 6.83. The Morgan fingerprint density at radius 2 is 2.00 bits per heavy atom. The summed E-state index contributed by atoms with van der Waals surface area (Å²) < 4.78 is 38.0. The fourth-order valence-corrected chi connectivity index (χ4v) is 4.63. The van der Waals surface area contributed by atoms with Gasteiger partial charge in [0.2, 0.25) is 11.8 Å². The molecule has 1 fully saturated rings. The molecule has 3 aromatic rings. The molecule has 0 saturated heterocycles. The number of rotatable bonds is 6. The molecule has 2 aromatic heterocycles. The highest BCUT2D eigenvalue weighted by Gasteiger charge is 2.30. The van der Waals surface area contributed by atoms with Crippen molar-refractivity contribution in [2.75, 3.05) is 11.8 Å². The van der Waals surface area contributed by atoms with E-state index in [-0.39, 0.29) is 4.21 Å². The minimum absolute atomic E-state index is 0.126. The normalized spacial score (nSPS) is 14.1. The van der Waals surface area contributed by atoms with Gasteiger partial charge in [0.15, 0.2) is 0 Å². The van der Waals surface area contributed by atoms with Crippen molar-refractivity contribution in [2.24, 2.45) is 0 Å². The monoisotopic (exact) mass is 405 g/mol. The number of anilines is 1. The topological polar surface area (TPSA) is 111 Å². The summed E-state index contributed by atoms with van der Waals surface area (Å²) in [5, 5.41) is 9.67. The van der Waals surface area contributed by atoms with Gasteiger partial charge in [0.25, 0.3) is 10.0 Å². The Morgan fingerprint density at radius 3 is 2.67 bits per heavy atom. The third kappa shape index (κ3) is 3.71. The molecule has 1 aromatic carbocycles. The molecule has 4 rings (SSSR count). The molecule has 0 aliphatic heterocycles. The van der Waals surface area contributed by atoms with Crippen LogP contribution in [0.2, 0.25) is 0 Å². The summed E-state index contributed by atoms with van der Waals surface area (Å²) in [7, 11) is -2.49. The van der Waals surface area contributed by atoms with Crippen LogP contribution in [0.1, 0.15) is 35.0 Å². The van der Waals surface area contributed by atoms with Crippen LogP contribution in [0.25, 0.3) is 11.5 Å². The number of methoxy groups -OCH3 is 1. The maximum absolute atomic E-state index is 12.6. The Bertz CT molecular complexity index is 1080. The number of benzene rings is 1. The molecule has 1 aliphatic rings. The molecule has 1 aliphatic carbocycles. The molecule has 8 nitrogen and oxygen atoms in total. The average Bonchev–Trinajstić information content (AvgIpc) is 3.18. The summed E-state index contributed by atoms with van der Waals surface area (Å²) in [6.07, 6.45) is 2.09. The number of carbonyl (C=O) groups excluding carboxylic acids is 1. The molecule has 0 amide bonds. The summed E-state index contributed by atoms with van der Waals surface area (Å²) >= 11 is 1.06. The molecule has 140 valence electrons. The number of nitrogens with zero attached hydrogens (tertiary/aromatic N) is 2. The molecule has 10 heteroatoms. The second kappa shape index (κ2) is 6.78. The molecule has 0 bridgehead atoms. The smallest absolute Gasteiger partial charge is 0.337 e. The highest BCUT2D eigenvalue weighted by Crippen LogP contribution is 2.40. The van der Waals surface area contributed by atoms with E-state index in [1.165, 1.54) is 37.4 Å². The number of esters is 1. The van der Waals surface area contributed by atoms with Crippen molar-refractivity contribution in [2.45, 2.75) is 23.0 Å². The van der Waals surface area contributed by atoms with Crippen molar-refractivity contribution < 1.29 is 22.4 Å². The predicted octanol–water partition coefficient (Wildman–Crippen LogP) is 3.26. The Morgan fingerprint density at radius 1 is 1.26 bits per heavy atom. The largest absolute Gasteiger partial charge is 0.465 e. The van der Waals surface area contributed by atoms with Crippen molar-refractivity contribution in [3.05, 3.63) is 47.2 Å². The minimum Gasteiger partial charge on any atom is -0.465 e. The summed E-state index contributed by atoms with van der Waals surface area (Å²) in [6, 6.07) is 7.47. The average molecular weight is 405 g/mol. The van der Waals surface area contributed by atoms with Gasteiger partial charge in [-0.3, -0.25) is 4.72 Å². The molecular weight excluding hydrogens is 390 g/mol. The maximum Gasteiger partial charge on any atom is 0.337 e. The van der Waals surface area contributed by atoms with E-state index in [0.717, 1.165) is 24.2 Å². The molecule has 0 atom stereocenters. The van der Waals surface area contributed by atoms with Crippen LogP contribution in [0.4, 0.5) is 5.69 Å². The van der Waals surface area contributed by atoms with Crippen LogP contribution in [-0.2, 0) is 14.8 Å². The van der Waals surface area contributed by atoms with Gasteiger partial charge in [-0.15, -0.1) is 21.5 Å². The lowest BCUT2D eigenvalue weighted by Gasteiger charge is -2.06. The van der Waals surface area contributed by atoms with Crippen LogP contribution < -0.4 is 4.72 Å². The van der Waals surface area contributed by atoms with Gasteiger partial charge in [0.1, 0.15) is 4.21 Å². The highest BCUT2D eigenvalue weighted by atomic mass is 32.2. The minimum atomic E-state index is -3.77. The van der Waals surface area contributed by atoms with Gasteiger partial charge >= 0.3 is 5.97 Å². The zero-order valence-corrected chi connectivity index (χ0v) is 15.8. The zero-order valence-electron chi connectivity index (χ0n) is 14.2.